The molecule has 20 heavy (non-hydrogen) atoms. The van der Waals surface area contributed by atoms with Gasteiger partial charge in [-0.3, -0.25) is 0 Å². The molecule has 1 aliphatic heterocycles. The normalized spacial score (nSPS) is 22.6. The fraction of sp³-hybridized carbons (Fsp3) is 0.333. The zero-order chi connectivity index (χ0) is 14.0. The van der Waals surface area contributed by atoms with Crippen molar-refractivity contribution in [2.45, 2.75) is 17.9 Å². The number of nitrogens with zero attached hydrogens (tertiary/aromatic N) is 1. The number of benzene rings is 2. The Labute approximate surface area is 120 Å². The van der Waals surface area contributed by atoms with Crippen molar-refractivity contribution in [3.8, 4) is 0 Å². The molecule has 104 valence electrons. The first-order chi connectivity index (χ1) is 9.73. The van der Waals surface area contributed by atoms with E-state index in [2.05, 4.69) is 60.5 Å². The van der Waals surface area contributed by atoms with Gasteiger partial charge < -0.3 is 10.0 Å². The first kappa shape index (κ1) is 13.3. The summed E-state index contributed by atoms with van der Waals surface area (Å²) in [7, 11) is 2.07. The number of aliphatic hydroxyl groups excluding tert-OH is 1. The predicted octanol–water partition coefficient (Wildman–Crippen LogP) is 2.67. The summed E-state index contributed by atoms with van der Waals surface area (Å²) in [6.07, 6.45) is 0.560. The molecule has 2 heteroatoms. The largest absolute Gasteiger partial charge is 0.391 e. The Hall–Kier alpha value is -1.64. The van der Waals surface area contributed by atoms with Crippen LogP contribution in [-0.4, -0.2) is 36.2 Å². The fourth-order valence-electron chi connectivity index (χ4n) is 3.39. The van der Waals surface area contributed by atoms with Gasteiger partial charge in [0.1, 0.15) is 0 Å². The molecule has 1 fully saturated rings. The molecule has 0 aromatic heterocycles. The van der Waals surface area contributed by atoms with Gasteiger partial charge in [-0.25, -0.2) is 0 Å². The van der Waals surface area contributed by atoms with Crippen LogP contribution in [0.3, 0.4) is 0 Å². The average Bonchev–Trinajstić information content (AvgIpc) is 2.50. The molecule has 0 amide bonds. The Morgan fingerprint density at radius 3 is 1.90 bits per heavy atom. The Morgan fingerprint density at radius 2 is 1.45 bits per heavy atom. The molecule has 3 rings (SSSR count). The Bertz CT molecular complexity index is 513. The molecule has 1 N–H and O–H groups in total. The van der Waals surface area contributed by atoms with Crippen LogP contribution in [0.25, 0.3) is 0 Å². The van der Waals surface area contributed by atoms with Gasteiger partial charge in [-0.1, -0.05) is 60.7 Å². The lowest BCUT2D eigenvalue weighted by molar-refractivity contribution is 0.0272. The van der Waals surface area contributed by atoms with E-state index in [0.717, 1.165) is 13.0 Å². The highest BCUT2D eigenvalue weighted by Crippen LogP contribution is 2.41. The zero-order valence-corrected chi connectivity index (χ0v) is 11.9. The van der Waals surface area contributed by atoms with Crippen molar-refractivity contribution >= 4 is 0 Å². The van der Waals surface area contributed by atoms with E-state index in [-0.39, 0.29) is 11.5 Å². The molecule has 1 saturated heterocycles. The molecule has 0 aliphatic carbocycles. The van der Waals surface area contributed by atoms with Gasteiger partial charge in [-0.2, -0.15) is 0 Å². The van der Waals surface area contributed by atoms with Crippen LogP contribution in [0.4, 0.5) is 0 Å². The molecule has 1 heterocycles. The van der Waals surface area contributed by atoms with E-state index in [1.165, 1.54) is 11.1 Å². The smallest absolute Gasteiger partial charge is 0.0804 e. The lowest BCUT2D eigenvalue weighted by atomic mass is 9.66. The molecule has 1 unspecified atom stereocenters. The van der Waals surface area contributed by atoms with Crippen molar-refractivity contribution in [1.82, 2.24) is 4.90 Å². The van der Waals surface area contributed by atoms with E-state index in [4.69, 9.17) is 0 Å². The quantitative estimate of drug-likeness (QED) is 0.904. The second-order valence-corrected chi connectivity index (χ2v) is 5.73. The lowest BCUT2D eigenvalue weighted by Gasteiger charge is -2.45. The number of hydrogen-bond acceptors (Lipinski definition) is 2. The summed E-state index contributed by atoms with van der Waals surface area (Å²) in [5.41, 5.74) is 2.15. The van der Waals surface area contributed by atoms with Gasteiger partial charge in [-0.05, 0) is 31.1 Å². The number of piperidine rings is 1. The van der Waals surface area contributed by atoms with Gasteiger partial charge in [0.25, 0.3) is 0 Å². The maximum atomic E-state index is 10.9. The van der Waals surface area contributed by atoms with Crippen LogP contribution in [0.2, 0.25) is 0 Å². The van der Waals surface area contributed by atoms with Gasteiger partial charge in [0, 0.05) is 12.0 Å². The van der Waals surface area contributed by atoms with Gasteiger partial charge in [0.15, 0.2) is 0 Å². The maximum absolute atomic E-state index is 10.9. The molecule has 1 atom stereocenters. The van der Waals surface area contributed by atoms with Crippen LogP contribution in [0.15, 0.2) is 60.7 Å². The molecule has 2 aromatic rings. The van der Waals surface area contributed by atoms with E-state index >= 15 is 0 Å². The van der Waals surface area contributed by atoms with E-state index in [0.29, 0.717) is 6.54 Å². The highest BCUT2D eigenvalue weighted by molar-refractivity contribution is 5.41. The zero-order valence-electron chi connectivity index (χ0n) is 11.9. The summed E-state index contributed by atoms with van der Waals surface area (Å²) in [6, 6.07) is 20.9. The predicted molar refractivity (Wildman–Crippen MR) is 81.8 cm³/mol. The maximum Gasteiger partial charge on any atom is 0.0804 e. The number of rotatable bonds is 2. The van der Waals surface area contributed by atoms with Crippen LogP contribution in [0.5, 0.6) is 0 Å². The third-order valence-electron chi connectivity index (χ3n) is 4.52. The molecular formula is C18H21NO. The second kappa shape index (κ2) is 5.39. The van der Waals surface area contributed by atoms with Crippen molar-refractivity contribution in [3.63, 3.8) is 0 Å². The number of aliphatic hydroxyl groups is 1. The standard InChI is InChI=1S/C18H21NO/c1-19-13-12-18(17(20)14-19,15-8-4-2-5-9-15)16-10-6-3-7-11-16/h2-11,17,20H,12-14H2,1H3. The van der Waals surface area contributed by atoms with E-state index in [9.17, 15) is 5.11 Å². The van der Waals surface area contributed by atoms with E-state index < -0.39 is 0 Å². The SMILES string of the molecule is CN1CCC(c2ccccc2)(c2ccccc2)C(O)C1. The average molecular weight is 267 g/mol. The summed E-state index contributed by atoms with van der Waals surface area (Å²) in [5, 5.41) is 10.9. The number of hydrogen-bond donors (Lipinski definition) is 1. The molecule has 0 spiro atoms. The van der Waals surface area contributed by atoms with Crippen LogP contribution in [0.1, 0.15) is 17.5 Å². The molecule has 1 aliphatic rings. The van der Waals surface area contributed by atoms with Crippen molar-refractivity contribution in [2.24, 2.45) is 0 Å². The van der Waals surface area contributed by atoms with Crippen LogP contribution in [0, 0.1) is 0 Å². The van der Waals surface area contributed by atoms with E-state index in [1.54, 1.807) is 0 Å². The number of likely N-dealkylation sites (tertiary alicyclic amines) is 1. The Morgan fingerprint density at radius 1 is 0.950 bits per heavy atom. The lowest BCUT2D eigenvalue weighted by Crippen LogP contribution is -2.53. The van der Waals surface area contributed by atoms with Gasteiger partial charge in [0.05, 0.1) is 6.10 Å². The molecule has 2 nitrogen and oxygen atoms in total. The topological polar surface area (TPSA) is 23.5 Å². The monoisotopic (exact) mass is 267 g/mol. The summed E-state index contributed by atoms with van der Waals surface area (Å²) in [4.78, 5) is 2.20. The van der Waals surface area contributed by atoms with Crippen molar-refractivity contribution < 1.29 is 5.11 Å². The summed E-state index contributed by atoms with van der Waals surface area (Å²) >= 11 is 0. The van der Waals surface area contributed by atoms with Gasteiger partial charge in [0.2, 0.25) is 0 Å². The van der Waals surface area contributed by atoms with Crippen molar-refractivity contribution in [3.05, 3.63) is 71.8 Å². The highest BCUT2D eigenvalue weighted by atomic mass is 16.3. The first-order valence-electron chi connectivity index (χ1n) is 7.21. The molecule has 0 bridgehead atoms. The molecule has 0 radical (unpaired) electrons. The minimum Gasteiger partial charge on any atom is -0.391 e. The number of likely N-dealkylation sites (N-methyl/N-ethyl adjacent to an activating group) is 1. The third-order valence-corrected chi connectivity index (χ3v) is 4.52. The third kappa shape index (κ3) is 2.15. The summed E-state index contributed by atoms with van der Waals surface area (Å²) in [6.45, 7) is 1.71. The summed E-state index contributed by atoms with van der Waals surface area (Å²) in [5.74, 6) is 0. The van der Waals surface area contributed by atoms with Crippen LogP contribution < -0.4 is 0 Å². The van der Waals surface area contributed by atoms with Crippen LogP contribution in [-0.2, 0) is 5.41 Å². The molecule has 0 saturated carbocycles. The van der Waals surface area contributed by atoms with Gasteiger partial charge >= 0.3 is 0 Å². The summed E-state index contributed by atoms with van der Waals surface area (Å²) < 4.78 is 0. The van der Waals surface area contributed by atoms with E-state index in [1.807, 2.05) is 12.1 Å². The first-order valence-corrected chi connectivity index (χ1v) is 7.21. The van der Waals surface area contributed by atoms with Crippen LogP contribution >= 0.6 is 0 Å². The van der Waals surface area contributed by atoms with Crippen molar-refractivity contribution in [2.75, 3.05) is 20.1 Å². The Kier molecular flexibility index (Phi) is 3.60. The van der Waals surface area contributed by atoms with Crippen molar-refractivity contribution in [1.29, 1.82) is 0 Å². The minimum atomic E-state index is -0.383. The Balaban J connectivity index is 2.13. The highest BCUT2D eigenvalue weighted by Gasteiger charge is 2.44. The number of β-amino-alcohol motifs (C(OH)–C–C–N with tert-alkyl or cyclic N) is 1. The second-order valence-electron chi connectivity index (χ2n) is 5.73. The molecular weight excluding hydrogens is 246 g/mol. The fourth-order valence-corrected chi connectivity index (χ4v) is 3.39. The molecule has 2 aromatic carbocycles. The van der Waals surface area contributed by atoms with Gasteiger partial charge in [-0.15, -0.1) is 0 Å². The minimum absolute atomic E-state index is 0.283.